The fraction of sp³-hybridized carbons (Fsp3) is 0.273. The molecular formula is C11H13N3O3. The fourth-order valence-corrected chi connectivity index (χ4v) is 1.39. The molecule has 0 atom stereocenters. The molecule has 0 aliphatic heterocycles. The molecule has 0 bridgehead atoms. The highest BCUT2D eigenvalue weighted by molar-refractivity contribution is 5.60. The van der Waals surface area contributed by atoms with Crippen LogP contribution in [-0.2, 0) is 6.54 Å². The summed E-state index contributed by atoms with van der Waals surface area (Å²) in [5.41, 5.74) is 6.16. The number of nitrogens with zero attached hydrogens (tertiary/aromatic N) is 2. The molecule has 6 nitrogen and oxygen atoms in total. The Hall–Kier alpha value is -2.08. The van der Waals surface area contributed by atoms with Gasteiger partial charge in [-0.15, -0.1) is 0 Å². The second-order valence-corrected chi connectivity index (χ2v) is 3.32. The summed E-state index contributed by atoms with van der Waals surface area (Å²) in [5, 5.41) is 3.83. The molecule has 6 heteroatoms. The van der Waals surface area contributed by atoms with Crippen molar-refractivity contribution in [2.45, 2.75) is 6.54 Å². The Morgan fingerprint density at radius 1 is 1.18 bits per heavy atom. The second kappa shape index (κ2) is 4.84. The lowest BCUT2D eigenvalue weighted by atomic mass is 10.2. The van der Waals surface area contributed by atoms with Crippen molar-refractivity contribution in [2.24, 2.45) is 5.73 Å². The van der Waals surface area contributed by atoms with Gasteiger partial charge in [0.2, 0.25) is 11.7 Å². The highest BCUT2D eigenvalue weighted by atomic mass is 16.5. The van der Waals surface area contributed by atoms with Gasteiger partial charge in [-0.25, -0.2) is 0 Å². The third kappa shape index (κ3) is 2.36. The van der Waals surface area contributed by atoms with Gasteiger partial charge in [0.25, 0.3) is 0 Å². The first kappa shape index (κ1) is 11.4. The molecule has 17 heavy (non-hydrogen) atoms. The van der Waals surface area contributed by atoms with Crippen LogP contribution in [0, 0.1) is 0 Å². The Kier molecular flexibility index (Phi) is 3.24. The lowest BCUT2D eigenvalue weighted by molar-refractivity contribution is 0.380. The Morgan fingerprint density at radius 2 is 1.82 bits per heavy atom. The number of methoxy groups -OCH3 is 2. The molecule has 0 fully saturated rings. The Bertz CT molecular complexity index is 488. The summed E-state index contributed by atoms with van der Waals surface area (Å²) in [7, 11) is 3.17. The molecule has 2 N–H and O–H groups in total. The molecule has 1 aromatic carbocycles. The van der Waals surface area contributed by atoms with Gasteiger partial charge in [-0.05, 0) is 12.1 Å². The highest BCUT2D eigenvalue weighted by Crippen LogP contribution is 2.27. The van der Waals surface area contributed by atoms with Crippen LogP contribution in [0.4, 0.5) is 0 Å². The summed E-state index contributed by atoms with van der Waals surface area (Å²) >= 11 is 0. The lowest BCUT2D eigenvalue weighted by Gasteiger charge is -2.05. The van der Waals surface area contributed by atoms with Crippen molar-refractivity contribution < 1.29 is 14.0 Å². The first-order chi connectivity index (χ1) is 8.26. The number of hydrogen-bond acceptors (Lipinski definition) is 6. The summed E-state index contributed by atoms with van der Waals surface area (Å²) in [6.07, 6.45) is 0. The van der Waals surface area contributed by atoms with Gasteiger partial charge in [-0.1, -0.05) is 5.16 Å². The lowest BCUT2D eigenvalue weighted by Crippen LogP contribution is -1.95. The number of hydrogen-bond donors (Lipinski definition) is 1. The Morgan fingerprint density at radius 3 is 2.29 bits per heavy atom. The van der Waals surface area contributed by atoms with E-state index in [0.29, 0.717) is 23.2 Å². The number of nitrogens with two attached hydrogens (primary N) is 1. The minimum Gasteiger partial charge on any atom is -0.497 e. The van der Waals surface area contributed by atoms with Crippen LogP contribution in [0.1, 0.15) is 5.89 Å². The van der Waals surface area contributed by atoms with E-state index >= 15 is 0 Å². The number of ether oxygens (including phenoxy) is 2. The topological polar surface area (TPSA) is 83.4 Å². The Balaban J connectivity index is 2.43. The first-order valence-corrected chi connectivity index (χ1v) is 5.03. The summed E-state index contributed by atoms with van der Waals surface area (Å²) < 4.78 is 15.3. The van der Waals surface area contributed by atoms with Gasteiger partial charge < -0.3 is 19.7 Å². The van der Waals surface area contributed by atoms with Gasteiger partial charge in [0.1, 0.15) is 11.5 Å². The molecule has 1 heterocycles. The van der Waals surface area contributed by atoms with Crippen LogP contribution in [0.5, 0.6) is 11.5 Å². The van der Waals surface area contributed by atoms with Crippen molar-refractivity contribution in [3.05, 3.63) is 24.1 Å². The van der Waals surface area contributed by atoms with Crippen LogP contribution < -0.4 is 15.2 Å². The molecule has 0 spiro atoms. The second-order valence-electron chi connectivity index (χ2n) is 3.32. The highest BCUT2D eigenvalue weighted by Gasteiger charge is 2.10. The van der Waals surface area contributed by atoms with E-state index < -0.39 is 0 Å². The van der Waals surface area contributed by atoms with E-state index in [1.165, 1.54) is 0 Å². The summed E-state index contributed by atoms with van der Waals surface area (Å²) in [4.78, 5) is 4.14. The molecule has 0 aliphatic carbocycles. The van der Waals surface area contributed by atoms with Gasteiger partial charge in [-0.2, -0.15) is 4.98 Å². The van der Waals surface area contributed by atoms with Gasteiger partial charge in [0, 0.05) is 11.6 Å². The maximum atomic E-state index is 5.41. The minimum atomic E-state index is 0.216. The van der Waals surface area contributed by atoms with E-state index in [4.69, 9.17) is 19.7 Å². The third-order valence-electron chi connectivity index (χ3n) is 2.25. The van der Waals surface area contributed by atoms with Crippen LogP contribution in [-0.4, -0.2) is 24.4 Å². The molecule has 0 saturated carbocycles. The van der Waals surface area contributed by atoms with Crippen molar-refractivity contribution in [1.29, 1.82) is 0 Å². The molecule has 0 radical (unpaired) electrons. The maximum absolute atomic E-state index is 5.41. The van der Waals surface area contributed by atoms with Gasteiger partial charge in [-0.3, -0.25) is 0 Å². The summed E-state index contributed by atoms with van der Waals surface area (Å²) in [6, 6.07) is 5.37. The average molecular weight is 235 g/mol. The SMILES string of the molecule is COc1cc(OC)cc(-c2noc(CN)n2)c1. The van der Waals surface area contributed by atoms with Crippen LogP contribution >= 0.6 is 0 Å². The standard InChI is InChI=1S/C11H13N3O3/c1-15-8-3-7(4-9(5-8)16-2)11-13-10(6-12)17-14-11/h3-5H,6,12H2,1-2H3. The number of aromatic nitrogens is 2. The molecule has 0 unspecified atom stereocenters. The molecule has 0 amide bonds. The molecule has 0 aliphatic rings. The molecule has 0 saturated heterocycles. The van der Waals surface area contributed by atoms with Crippen molar-refractivity contribution in [3.8, 4) is 22.9 Å². The average Bonchev–Trinajstić information content (AvgIpc) is 2.86. The molecule has 1 aromatic heterocycles. The van der Waals surface area contributed by atoms with Crippen molar-refractivity contribution in [1.82, 2.24) is 10.1 Å². The molecule has 2 aromatic rings. The summed E-state index contributed by atoms with van der Waals surface area (Å²) in [6.45, 7) is 0.216. The van der Waals surface area contributed by atoms with Gasteiger partial charge >= 0.3 is 0 Å². The molecular weight excluding hydrogens is 222 g/mol. The third-order valence-corrected chi connectivity index (χ3v) is 2.25. The smallest absolute Gasteiger partial charge is 0.240 e. The van der Waals surface area contributed by atoms with E-state index in [1.54, 1.807) is 32.4 Å². The van der Waals surface area contributed by atoms with Crippen LogP contribution in [0.25, 0.3) is 11.4 Å². The predicted molar refractivity (Wildman–Crippen MR) is 60.7 cm³/mol. The van der Waals surface area contributed by atoms with Crippen molar-refractivity contribution in [2.75, 3.05) is 14.2 Å². The largest absolute Gasteiger partial charge is 0.497 e. The zero-order chi connectivity index (χ0) is 12.3. The number of rotatable bonds is 4. The van der Waals surface area contributed by atoms with Crippen LogP contribution in [0.3, 0.4) is 0 Å². The zero-order valence-corrected chi connectivity index (χ0v) is 9.64. The maximum Gasteiger partial charge on any atom is 0.240 e. The van der Waals surface area contributed by atoms with Gasteiger partial charge in [0.15, 0.2) is 0 Å². The van der Waals surface area contributed by atoms with E-state index in [2.05, 4.69) is 10.1 Å². The zero-order valence-electron chi connectivity index (χ0n) is 9.64. The minimum absolute atomic E-state index is 0.216. The van der Waals surface area contributed by atoms with Crippen LogP contribution in [0.2, 0.25) is 0 Å². The molecule has 2 rings (SSSR count). The van der Waals surface area contributed by atoms with Crippen LogP contribution in [0.15, 0.2) is 22.7 Å². The first-order valence-electron chi connectivity index (χ1n) is 5.03. The van der Waals surface area contributed by atoms with Crippen molar-refractivity contribution >= 4 is 0 Å². The van der Waals surface area contributed by atoms with E-state index in [9.17, 15) is 0 Å². The van der Waals surface area contributed by atoms with E-state index in [0.717, 1.165) is 5.56 Å². The monoisotopic (exact) mass is 235 g/mol. The van der Waals surface area contributed by atoms with E-state index in [1.807, 2.05) is 0 Å². The summed E-state index contributed by atoms with van der Waals surface area (Å²) in [5.74, 6) is 2.18. The quantitative estimate of drug-likeness (QED) is 0.857. The van der Waals surface area contributed by atoms with Gasteiger partial charge in [0.05, 0.1) is 20.8 Å². The predicted octanol–water partition coefficient (Wildman–Crippen LogP) is 1.21. The number of benzene rings is 1. The van der Waals surface area contributed by atoms with E-state index in [-0.39, 0.29) is 6.54 Å². The van der Waals surface area contributed by atoms with Crippen molar-refractivity contribution in [3.63, 3.8) is 0 Å². The Labute approximate surface area is 98.3 Å². The fourth-order valence-electron chi connectivity index (χ4n) is 1.39. The normalized spacial score (nSPS) is 10.3. The molecule has 90 valence electrons.